The summed E-state index contributed by atoms with van der Waals surface area (Å²) in [6.45, 7) is 7.55. The first-order valence-corrected chi connectivity index (χ1v) is 9.92. The largest absolute Gasteiger partial charge is 0.372 e. The van der Waals surface area contributed by atoms with Crippen LogP contribution in [0.3, 0.4) is 0 Å². The molecule has 2 atom stereocenters. The van der Waals surface area contributed by atoms with E-state index in [9.17, 15) is 4.79 Å². The monoisotopic (exact) mass is 349 g/mol. The van der Waals surface area contributed by atoms with Crippen LogP contribution in [-0.4, -0.2) is 60.8 Å². The number of nitrogens with one attached hydrogen (secondary N) is 1. The SMILES string of the molecule is CC1CN(c2ccccc2NC(=O)N2CCCSCC2)CC(C)O1. The first-order chi connectivity index (χ1) is 11.6. The zero-order chi connectivity index (χ0) is 16.9. The Balaban J connectivity index is 1.72. The predicted octanol–water partition coefficient (Wildman–Crippen LogP) is 3.27. The fourth-order valence-corrected chi connectivity index (χ4v) is 4.26. The molecule has 2 fully saturated rings. The third kappa shape index (κ3) is 4.36. The van der Waals surface area contributed by atoms with E-state index in [4.69, 9.17) is 4.74 Å². The molecule has 2 heterocycles. The lowest BCUT2D eigenvalue weighted by molar-refractivity contribution is -0.00517. The van der Waals surface area contributed by atoms with Crippen molar-refractivity contribution in [1.29, 1.82) is 0 Å². The number of carbonyl (C=O) groups is 1. The molecule has 1 aromatic rings. The van der Waals surface area contributed by atoms with Gasteiger partial charge in [0.25, 0.3) is 0 Å². The number of hydrogen-bond acceptors (Lipinski definition) is 4. The molecule has 132 valence electrons. The average Bonchev–Trinajstić information content (AvgIpc) is 2.84. The van der Waals surface area contributed by atoms with E-state index in [1.54, 1.807) is 0 Å². The number of benzene rings is 1. The zero-order valence-electron chi connectivity index (χ0n) is 14.5. The van der Waals surface area contributed by atoms with Gasteiger partial charge < -0.3 is 19.9 Å². The van der Waals surface area contributed by atoms with Crippen LogP contribution >= 0.6 is 11.8 Å². The van der Waals surface area contributed by atoms with Crippen molar-refractivity contribution in [1.82, 2.24) is 4.90 Å². The van der Waals surface area contributed by atoms with Crippen LogP contribution in [0.5, 0.6) is 0 Å². The quantitative estimate of drug-likeness (QED) is 0.890. The number of para-hydroxylation sites is 2. The molecule has 1 N–H and O–H groups in total. The van der Waals surface area contributed by atoms with Crippen LogP contribution in [0.2, 0.25) is 0 Å². The summed E-state index contributed by atoms with van der Waals surface area (Å²) < 4.78 is 5.83. The second-order valence-corrected chi connectivity index (χ2v) is 7.79. The van der Waals surface area contributed by atoms with Gasteiger partial charge in [0.15, 0.2) is 0 Å². The summed E-state index contributed by atoms with van der Waals surface area (Å²) >= 11 is 1.93. The van der Waals surface area contributed by atoms with Crippen LogP contribution in [0, 0.1) is 0 Å². The molecule has 2 amide bonds. The maximum absolute atomic E-state index is 12.6. The van der Waals surface area contributed by atoms with Gasteiger partial charge in [0.2, 0.25) is 0 Å². The average molecular weight is 350 g/mol. The summed E-state index contributed by atoms with van der Waals surface area (Å²) in [5, 5.41) is 3.13. The minimum Gasteiger partial charge on any atom is -0.372 e. The van der Waals surface area contributed by atoms with Gasteiger partial charge in [0.05, 0.1) is 23.6 Å². The number of anilines is 2. The van der Waals surface area contributed by atoms with Crippen LogP contribution in [0.25, 0.3) is 0 Å². The molecule has 0 radical (unpaired) electrons. The van der Waals surface area contributed by atoms with Crippen molar-refractivity contribution in [2.45, 2.75) is 32.5 Å². The molecule has 0 bridgehead atoms. The van der Waals surface area contributed by atoms with E-state index in [1.807, 2.05) is 34.9 Å². The predicted molar refractivity (Wildman–Crippen MR) is 101 cm³/mol. The standard InChI is InChI=1S/C18H27N3O2S/c1-14-12-21(13-15(2)23-14)17-7-4-3-6-16(17)19-18(22)20-8-5-10-24-11-9-20/h3-4,6-7,14-15H,5,8-13H2,1-2H3,(H,19,22). The molecule has 0 spiro atoms. The Kier molecular flexibility index (Phi) is 5.89. The van der Waals surface area contributed by atoms with E-state index < -0.39 is 0 Å². The highest BCUT2D eigenvalue weighted by atomic mass is 32.2. The molecule has 0 aromatic heterocycles. The molecule has 0 aliphatic carbocycles. The summed E-state index contributed by atoms with van der Waals surface area (Å²) in [7, 11) is 0. The number of thioether (sulfide) groups is 1. The fraction of sp³-hybridized carbons (Fsp3) is 0.611. The highest BCUT2D eigenvalue weighted by Crippen LogP contribution is 2.29. The number of carbonyl (C=O) groups excluding carboxylic acids is 1. The van der Waals surface area contributed by atoms with Gasteiger partial charge in [-0.1, -0.05) is 12.1 Å². The minimum absolute atomic E-state index is 0.0132. The summed E-state index contributed by atoms with van der Waals surface area (Å²) in [4.78, 5) is 16.9. The van der Waals surface area contributed by atoms with Gasteiger partial charge in [-0.2, -0.15) is 11.8 Å². The molecular weight excluding hydrogens is 322 g/mol. The first-order valence-electron chi connectivity index (χ1n) is 8.76. The summed E-state index contributed by atoms with van der Waals surface area (Å²) in [6.07, 6.45) is 1.46. The molecular formula is C18H27N3O2S. The van der Waals surface area contributed by atoms with Crippen LogP contribution in [0.15, 0.2) is 24.3 Å². The lowest BCUT2D eigenvalue weighted by atomic mass is 10.1. The van der Waals surface area contributed by atoms with E-state index in [2.05, 4.69) is 30.1 Å². The maximum Gasteiger partial charge on any atom is 0.321 e. The molecule has 5 nitrogen and oxygen atoms in total. The number of nitrogens with zero attached hydrogens (tertiary/aromatic N) is 2. The van der Waals surface area contributed by atoms with Gasteiger partial charge >= 0.3 is 6.03 Å². The Labute approximate surface area is 148 Å². The van der Waals surface area contributed by atoms with Gasteiger partial charge in [0, 0.05) is 31.9 Å². The molecule has 24 heavy (non-hydrogen) atoms. The van der Waals surface area contributed by atoms with E-state index in [1.165, 1.54) is 0 Å². The van der Waals surface area contributed by atoms with E-state index in [0.717, 1.165) is 55.5 Å². The van der Waals surface area contributed by atoms with Crippen molar-refractivity contribution in [3.8, 4) is 0 Å². The highest BCUT2D eigenvalue weighted by Gasteiger charge is 2.25. The van der Waals surface area contributed by atoms with Crippen LogP contribution < -0.4 is 10.2 Å². The summed E-state index contributed by atoms with van der Waals surface area (Å²) in [6, 6.07) is 8.09. The third-order valence-electron chi connectivity index (χ3n) is 4.42. The van der Waals surface area contributed by atoms with Crippen LogP contribution in [-0.2, 0) is 4.74 Å². The number of rotatable bonds is 2. The van der Waals surface area contributed by atoms with Gasteiger partial charge in [0.1, 0.15) is 0 Å². The number of urea groups is 1. The summed E-state index contributed by atoms with van der Waals surface area (Å²) in [5.41, 5.74) is 1.97. The molecule has 6 heteroatoms. The summed E-state index contributed by atoms with van der Waals surface area (Å²) in [5.74, 6) is 2.16. The van der Waals surface area contributed by atoms with Crippen molar-refractivity contribution >= 4 is 29.2 Å². The Morgan fingerprint density at radius 2 is 1.92 bits per heavy atom. The van der Waals surface area contributed by atoms with Crippen LogP contribution in [0.4, 0.5) is 16.2 Å². The first kappa shape index (κ1) is 17.4. The van der Waals surface area contributed by atoms with Crippen molar-refractivity contribution in [3.05, 3.63) is 24.3 Å². The Bertz CT molecular complexity index is 551. The van der Waals surface area contributed by atoms with E-state index >= 15 is 0 Å². The number of morpholine rings is 1. The van der Waals surface area contributed by atoms with Crippen molar-refractivity contribution in [3.63, 3.8) is 0 Å². The van der Waals surface area contributed by atoms with E-state index in [0.29, 0.717) is 0 Å². The highest BCUT2D eigenvalue weighted by molar-refractivity contribution is 7.99. The minimum atomic E-state index is 0.0132. The topological polar surface area (TPSA) is 44.8 Å². The van der Waals surface area contributed by atoms with Gasteiger partial charge in [-0.25, -0.2) is 4.79 Å². The smallest absolute Gasteiger partial charge is 0.321 e. The van der Waals surface area contributed by atoms with Crippen molar-refractivity contribution < 1.29 is 9.53 Å². The number of hydrogen-bond donors (Lipinski definition) is 1. The molecule has 3 rings (SSSR count). The third-order valence-corrected chi connectivity index (χ3v) is 5.46. The zero-order valence-corrected chi connectivity index (χ0v) is 15.3. The molecule has 2 aliphatic heterocycles. The molecule has 0 saturated carbocycles. The van der Waals surface area contributed by atoms with Crippen molar-refractivity contribution in [2.75, 3.05) is 47.9 Å². The Morgan fingerprint density at radius 1 is 1.17 bits per heavy atom. The molecule has 2 aliphatic rings. The lowest BCUT2D eigenvalue weighted by Crippen LogP contribution is -2.46. The van der Waals surface area contributed by atoms with Crippen molar-refractivity contribution in [2.24, 2.45) is 0 Å². The molecule has 1 aromatic carbocycles. The molecule has 2 saturated heterocycles. The second kappa shape index (κ2) is 8.12. The fourth-order valence-electron chi connectivity index (χ4n) is 3.37. The second-order valence-electron chi connectivity index (χ2n) is 6.56. The van der Waals surface area contributed by atoms with E-state index in [-0.39, 0.29) is 18.2 Å². The van der Waals surface area contributed by atoms with Gasteiger partial charge in [-0.05, 0) is 38.2 Å². The van der Waals surface area contributed by atoms with Crippen LogP contribution in [0.1, 0.15) is 20.3 Å². The maximum atomic E-state index is 12.6. The normalized spacial score (nSPS) is 25.2. The van der Waals surface area contributed by atoms with Gasteiger partial charge in [-0.3, -0.25) is 0 Å². The van der Waals surface area contributed by atoms with Gasteiger partial charge in [-0.15, -0.1) is 0 Å². The number of amides is 2. The Morgan fingerprint density at radius 3 is 2.71 bits per heavy atom. The number of ether oxygens (including phenoxy) is 1. The Hall–Kier alpha value is -1.40. The molecule has 2 unspecified atom stereocenters. The lowest BCUT2D eigenvalue weighted by Gasteiger charge is -2.37.